The Morgan fingerprint density at radius 2 is 2.00 bits per heavy atom. The summed E-state index contributed by atoms with van der Waals surface area (Å²) >= 11 is 0. The maximum atomic E-state index is 10.3. The van der Waals surface area contributed by atoms with Crippen molar-refractivity contribution in [2.45, 2.75) is 13.3 Å². The van der Waals surface area contributed by atoms with Gasteiger partial charge in [0.05, 0.1) is 0 Å². The number of benzene rings is 1. The van der Waals surface area contributed by atoms with Gasteiger partial charge in [0.15, 0.2) is 0 Å². The van der Waals surface area contributed by atoms with Gasteiger partial charge in [-0.25, -0.2) is 0 Å². The van der Waals surface area contributed by atoms with Crippen molar-refractivity contribution in [1.29, 1.82) is 0 Å². The zero-order chi connectivity index (χ0) is 10.4. The summed E-state index contributed by atoms with van der Waals surface area (Å²) in [5, 5.41) is 8.50. The fourth-order valence-electron chi connectivity index (χ4n) is 1.20. The molecular formula is C11H13NO2. The minimum absolute atomic E-state index is 0.155. The molecule has 0 aromatic heterocycles. The van der Waals surface area contributed by atoms with E-state index in [0.717, 1.165) is 17.7 Å². The van der Waals surface area contributed by atoms with Crippen LogP contribution < -0.4 is 0 Å². The van der Waals surface area contributed by atoms with E-state index in [1.165, 1.54) is 0 Å². The average Bonchev–Trinajstić information content (AvgIpc) is 2.20. The molecule has 1 rings (SSSR count). The molecule has 0 aliphatic rings. The molecule has 1 aromatic rings. The maximum absolute atomic E-state index is 10.3. The number of carboxylic acids is 1. The Morgan fingerprint density at radius 1 is 1.36 bits per heavy atom. The highest BCUT2D eigenvalue weighted by molar-refractivity contribution is 6.01. The summed E-state index contributed by atoms with van der Waals surface area (Å²) in [4.78, 5) is 14.4. The molecule has 14 heavy (non-hydrogen) atoms. The Morgan fingerprint density at radius 3 is 2.50 bits per heavy atom. The first-order valence-electron chi connectivity index (χ1n) is 4.54. The Hall–Kier alpha value is -1.64. The van der Waals surface area contributed by atoms with Gasteiger partial charge in [0, 0.05) is 5.71 Å². The van der Waals surface area contributed by atoms with Gasteiger partial charge >= 0.3 is 5.97 Å². The van der Waals surface area contributed by atoms with Crippen LogP contribution in [0.5, 0.6) is 0 Å². The Labute approximate surface area is 83.1 Å². The molecule has 0 bridgehead atoms. The van der Waals surface area contributed by atoms with Crippen LogP contribution in [-0.4, -0.2) is 23.3 Å². The fourth-order valence-corrected chi connectivity index (χ4v) is 1.20. The molecule has 3 heteroatoms. The number of aliphatic imine (C=N–C) groups is 1. The molecule has 0 amide bonds. The first-order valence-corrected chi connectivity index (χ1v) is 4.54. The second-order valence-corrected chi connectivity index (χ2v) is 2.88. The summed E-state index contributed by atoms with van der Waals surface area (Å²) in [6.45, 7) is 1.81. The molecule has 74 valence electrons. The van der Waals surface area contributed by atoms with E-state index in [4.69, 9.17) is 5.11 Å². The SMILES string of the molecule is CCC(=NCC(=O)O)c1ccccc1. The van der Waals surface area contributed by atoms with Gasteiger partial charge in [-0.1, -0.05) is 37.3 Å². The minimum atomic E-state index is -0.896. The van der Waals surface area contributed by atoms with Gasteiger partial charge in [-0.15, -0.1) is 0 Å². The lowest BCUT2D eigenvalue weighted by Gasteiger charge is -2.02. The number of carboxylic acid groups (broad SMARTS) is 1. The monoisotopic (exact) mass is 191 g/mol. The number of aliphatic carboxylic acids is 1. The van der Waals surface area contributed by atoms with E-state index in [1.54, 1.807) is 0 Å². The number of hydrogen-bond acceptors (Lipinski definition) is 2. The van der Waals surface area contributed by atoms with E-state index in [0.29, 0.717) is 0 Å². The molecule has 0 unspecified atom stereocenters. The molecule has 0 atom stereocenters. The lowest BCUT2D eigenvalue weighted by molar-refractivity contribution is -0.135. The third kappa shape index (κ3) is 3.01. The first kappa shape index (κ1) is 10.4. The average molecular weight is 191 g/mol. The van der Waals surface area contributed by atoms with Gasteiger partial charge in [-0.2, -0.15) is 0 Å². The summed E-state index contributed by atoms with van der Waals surface area (Å²) in [5.74, 6) is -0.896. The molecular weight excluding hydrogens is 178 g/mol. The molecule has 0 spiro atoms. The van der Waals surface area contributed by atoms with Crippen LogP contribution in [0.2, 0.25) is 0 Å². The molecule has 1 aromatic carbocycles. The van der Waals surface area contributed by atoms with E-state index in [-0.39, 0.29) is 6.54 Å². The fraction of sp³-hybridized carbons (Fsp3) is 0.273. The highest BCUT2D eigenvalue weighted by atomic mass is 16.4. The topological polar surface area (TPSA) is 49.7 Å². The van der Waals surface area contributed by atoms with Crippen LogP contribution in [0.1, 0.15) is 18.9 Å². The normalized spacial score (nSPS) is 11.4. The maximum Gasteiger partial charge on any atom is 0.325 e. The first-order chi connectivity index (χ1) is 6.74. The zero-order valence-corrected chi connectivity index (χ0v) is 8.10. The third-order valence-corrected chi connectivity index (χ3v) is 1.85. The van der Waals surface area contributed by atoms with Gasteiger partial charge in [0.25, 0.3) is 0 Å². The van der Waals surface area contributed by atoms with Crippen molar-refractivity contribution in [2.75, 3.05) is 6.54 Å². The van der Waals surface area contributed by atoms with Crippen molar-refractivity contribution >= 4 is 11.7 Å². The predicted octanol–water partition coefficient (Wildman–Crippen LogP) is 1.97. The summed E-state index contributed by atoms with van der Waals surface area (Å²) in [6.07, 6.45) is 0.747. The standard InChI is InChI=1S/C11H13NO2/c1-2-10(12-8-11(13)14)9-6-4-3-5-7-9/h3-7H,2,8H2,1H3,(H,13,14). The molecule has 0 aliphatic carbocycles. The summed E-state index contributed by atoms with van der Waals surface area (Å²) in [6, 6.07) is 9.63. The van der Waals surface area contributed by atoms with Gasteiger partial charge < -0.3 is 5.11 Å². The second kappa shape index (κ2) is 5.17. The predicted molar refractivity (Wildman–Crippen MR) is 55.8 cm³/mol. The van der Waals surface area contributed by atoms with Crippen LogP contribution in [-0.2, 0) is 4.79 Å². The van der Waals surface area contributed by atoms with Crippen molar-refractivity contribution in [3.63, 3.8) is 0 Å². The lowest BCUT2D eigenvalue weighted by Crippen LogP contribution is -2.05. The van der Waals surface area contributed by atoms with Crippen LogP contribution in [0, 0.1) is 0 Å². The van der Waals surface area contributed by atoms with Crippen LogP contribution >= 0.6 is 0 Å². The number of nitrogens with zero attached hydrogens (tertiary/aromatic N) is 1. The van der Waals surface area contributed by atoms with Gasteiger partial charge in [0.1, 0.15) is 6.54 Å². The van der Waals surface area contributed by atoms with Gasteiger partial charge in [-0.3, -0.25) is 9.79 Å². The Balaban J connectivity index is 2.82. The van der Waals surface area contributed by atoms with Crippen LogP contribution in [0.3, 0.4) is 0 Å². The molecule has 0 fully saturated rings. The highest BCUT2D eigenvalue weighted by Gasteiger charge is 2.00. The third-order valence-electron chi connectivity index (χ3n) is 1.85. The number of rotatable bonds is 4. The van der Waals surface area contributed by atoms with Crippen molar-refractivity contribution in [1.82, 2.24) is 0 Å². The molecule has 0 aliphatic heterocycles. The molecule has 0 heterocycles. The summed E-state index contributed by atoms with van der Waals surface area (Å²) < 4.78 is 0. The second-order valence-electron chi connectivity index (χ2n) is 2.88. The number of hydrogen-bond donors (Lipinski definition) is 1. The Bertz CT molecular complexity index is 330. The highest BCUT2D eigenvalue weighted by Crippen LogP contribution is 2.04. The molecule has 1 N–H and O–H groups in total. The van der Waals surface area contributed by atoms with Crippen LogP contribution in [0.25, 0.3) is 0 Å². The molecule has 0 saturated heterocycles. The van der Waals surface area contributed by atoms with Gasteiger partial charge in [-0.05, 0) is 12.0 Å². The summed E-state index contributed by atoms with van der Waals surface area (Å²) in [5.41, 5.74) is 1.84. The van der Waals surface area contributed by atoms with E-state index in [2.05, 4.69) is 4.99 Å². The van der Waals surface area contributed by atoms with E-state index in [9.17, 15) is 4.79 Å². The molecule has 0 radical (unpaired) electrons. The smallest absolute Gasteiger partial charge is 0.325 e. The van der Waals surface area contributed by atoms with Crippen molar-refractivity contribution in [3.05, 3.63) is 35.9 Å². The van der Waals surface area contributed by atoms with E-state index < -0.39 is 5.97 Å². The number of carbonyl (C=O) groups is 1. The Kier molecular flexibility index (Phi) is 3.85. The van der Waals surface area contributed by atoms with E-state index >= 15 is 0 Å². The van der Waals surface area contributed by atoms with Crippen LogP contribution in [0.15, 0.2) is 35.3 Å². The van der Waals surface area contributed by atoms with Crippen molar-refractivity contribution < 1.29 is 9.90 Å². The quantitative estimate of drug-likeness (QED) is 0.740. The van der Waals surface area contributed by atoms with Gasteiger partial charge in [0.2, 0.25) is 0 Å². The lowest BCUT2D eigenvalue weighted by atomic mass is 10.1. The van der Waals surface area contributed by atoms with Crippen molar-refractivity contribution in [2.24, 2.45) is 4.99 Å². The zero-order valence-electron chi connectivity index (χ0n) is 8.10. The largest absolute Gasteiger partial charge is 0.480 e. The molecule has 0 saturated carbocycles. The summed E-state index contributed by atoms with van der Waals surface area (Å²) in [7, 11) is 0. The molecule has 3 nitrogen and oxygen atoms in total. The minimum Gasteiger partial charge on any atom is -0.480 e. The van der Waals surface area contributed by atoms with E-state index in [1.807, 2.05) is 37.3 Å². The van der Waals surface area contributed by atoms with Crippen LogP contribution in [0.4, 0.5) is 0 Å². The van der Waals surface area contributed by atoms with Crippen molar-refractivity contribution in [3.8, 4) is 0 Å².